The molecule has 1 aliphatic rings. The summed E-state index contributed by atoms with van der Waals surface area (Å²) in [6.45, 7) is 0.0767. The number of nitrogens with two attached hydrogens (primary N) is 1. The summed E-state index contributed by atoms with van der Waals surface area (Å²) in [6, 6.07) is 16.9. The first kappa shape index (κ1) is 29.4. The molecule has 0 saturated heterocycles. The number of carboxylic acid groups (broad SMARTS) is 1. The van der Waals surface area contributed by atoms with E-state index in [4.69, 9.17) is 24.5 Å². The lowest BCUT2D eigenvalue weighted by molar-refractivity contribution is -0.192. The number of halogens is 3. The fourth-order valence-electron chi connectivity index (χ4n) is 3.41. The number of aliphatic carboxylic acids is 1. The zero-order valence-corrected chi connectivity index (χ0v) is 22.2. The predicted octanol–water partition coefficient (Wildman–Crippen LogP) is 3.93. The number of alkyl halides is 3. The topological polar surface area (TPSA) is 171 Å². The molecule has 4 N–H and O–H groups in total. The molecule has 1 amide bonds. The number of benzene rings is 2. The number of nitrogens with one attached hydrogen (secondary N) is 1. The van der Waals surface area contributed by atoms with Crippen molar-refractivity contribution in [3.63, 3.8) is 0 Å². The number of ether oxygens (including phenoxy) is 2. The molecule has 1 aliphatic heterocycles. The minimum Gasteiger partial charge on any atom is -0.485 e. The lowest BCUT2D eigenvalue weighted by atomic mass is 10.1. The Kier molecular flexibility index (Phi) is 8.55. The molecule has 4 aromatic rings. The van der Waals surface area contributed by atoms with Crippen LogP contribution in [0.25, 0.3) is 21.7 Å². The van der Waals surface area contributed by atoms with Crippen LogP contribution in [0.4, 0.5) is 18.3 Å². The van der Waals surface area contributed by atoms with Gasteiger partial charge in [0.15, 0.2) is 16.6 Å². The summed E-state index contributed by atoms with van der Waals surface area (Å²) < 4.78 is 66.4. The summed E-state index contributed by atoms with van der Waals surface area (Å²) in [5, 5.41) is 15.5. The quantitative estimate of drug-likeness (QED) is 0.304. The van der Waals surface area contributed by atoms with Crippen molar-refractivity contribution >= 4 is 38.4 Å². The second-order valence-electron chi connectivity index (χ2n) is 8.16. The van der Waals surface area contributed by atoms with Gasteiger partial charge in [0.25, 0.3) is 5.91 Å². The summed E-state index contributed by atoms with van der Waals surface area (Å²) in [5.74, 6) is -2.06. The highest BCUT2D eigenvalue weighted by atomic mass is 32.2. The lowest BCUT2D eigenvalue weighted by Gasteiger charge is -2.25. The fourth-order valence-corrected chi connectivity index (χ4v) is 4.92. The molecule has 0 aliphatic carbocycles. The Hall–Kier alpha value is -4.54. The molecule has 16 heteroatoms. The first-order valence-electron chi connectivity index (χ1n) is 11.4. The van der Waals surface area contributed by atoms with Gasteiger partial charge in [-0.25, -0.2) is 23.3 Å². The Bertz CT molecular complexity index is 1660. The van der Waals surface area contributed by atoms with Crippen LogP contribution in [0, 0.1) is 0 Å². The maximum atomic E-state index is 12.9. The molecule has 0 radical (unpaired) electrons. The lowest BCUT2D eigenvalue weighted by Crippen LogP contribution is -2.40. The first-order valence-corrected chi connectivity index (χ1v) is 13.7. The molecular formula is C25H19F3N4O7S2. The van der Waals surface area contributed by atoms with Gasteiger partial charge in [0.05, 0.1) is 15.5 Å². The highest BCUT2D eigenvalue weighted by molar-refractivity contribution is 7.89. The van der Waals surface area contributed by atoms with Crippen LogP contribution in [0.3, 0.4) is 0 Å². The number of sulfonamides is 1. The highest BCUT2D eigenvalue weighted by Gasteiger charge is 2.38. The molecule has 214 valence electrons. The van der Waals surface area contributed by atoms with E-state index in [0.717, 1.165) is 16.0 Å². The van der Waals surface area contributed by atoms with Gasteiger partial charge in [0.1, 0.15) is 6.61 Å². The highest BCUT2D eigenvalue weighted by Crippen LogP contribution is 2.39. The van der Waals surface area contributed by atoms with Crippen LogP contribution in [-0.4, -0.2) is 54.3 Å². The summed E-state index contributed by atoms with van der Waals surface area (Å²) in [7, 11) is -3.81. The Morgan fingerprint density at radius 2 is 1.61 bits per heavy atom. The van der Waals surface area contributed by atoms with E-state index < -0.39 is 28.3 Å². The third-order valence-electron chi connectivity index (χ3n) is 5.30. The number of aromatic nitrogens is 2. The fraction of sp³-hybridized carbons (Fsp3) is 0.120. The summed E-state index contributed by atoms with van der Waals surface area (Å²) >= 11 is 1.26. The molecule has 3 heterocycles. The number of rotatable bonds is 5. The molecular weight excluding hydrogens is 589 g/mol. The summed E-state index contributed by atoms with van der Waals surface area (Å²) in [4.78, 5) is 31.2. The summed E-state index contributed by atoms with van der Waals surface area (Å²) in [6.07, 6.45) is -2.63. The number of hydrogen-bond acceptors (Lipinski definition) is 9. The number of primary sulfonamides is 1. The van der Waals surface area contributed by atoms with Crippen LogP contribution in [0.15, 0.2) is 78.0 Å². The zero-order chi connectivity index (χ0) is 29.8. The van der Waals surface area contributed by atoms with Crippen molar-refractivity contribution in [3.8, 4) is 33.2 Å². The van der Waals surface area contributed by atoms with E-state index in [0.29, 0.717) is 22.3 Å². The molecule has 0 saturated carbocycles. The molecule has 11 nitrogen and oxygen atoms in total. The molecule has 1 atom stereocenters. The van der Waals surface area contributed by atoms with Gasteiger partial charge < -0.3 is 14.6 Å². The molecule has 41 heavy (non-hydrogen) atoms. The van der Waals surface area contributed by atoms with Gasteiger partial charge in [0.2, 0.25) is 16.1 Å². The van der Waals surface area contributed by atoms with E-state index in [-0.39, 0.29) is 17.4 Å². The zero-order valence-electron chi connectivity index (χ0n) is 20.5. The average Bonchev–Trinajstić information content (AvgIpc) is 3.36. The number of carbonyl (C=O) groups is 2. The number of pyridine rings is 1. The third-order valence-corrected chi connectivity index (χ3v) is 7.25. The normalized spacial score (nSPS) is 14.4. The molecule has 2 aromatic heterocycles. The maximum Gasteiger partial charge on any atom is 0.490 e. The Labute approximate surface area is 234 Å². The van der Waals surface area contributed by atoms with Gasteiger partial charge in [-0.2, -0.15) is 13.2 Å². The largest absolute Gasteiger partial charge is 0.490 e. The minimum absolute atomic E-state index is 0.00878. The number of nitrogens with zero attached hydrogens (tertiary/aromatic N) is 2. The number of fused-ring (bicyclic) bond motifs is 1. The standard InChI is InChI=1S/C23H18N4O5S2.C2HF3O2/c24-34(29,30)16-7-5-15(6-8-16)21-20(14-9-11-25-12-10-14)26-23(33-21)27-22(28)19-13-31-17-3-1-2-4-18(17)32-19;3-2(4,5)1(6)7/h1-12,19H,13H2,(H2,24,29,30)(H,26,27,28);(H,6,7). The van der Waals surface area contributed by atoms with Gasteiger partial charge in [-0.15, -0.1) is 0 Å². The molecule has 0 fully saturated rings. The SMILES string of the molecule is NS(=O)(=O)c1ccc(-c2sc(NC(=O)C3COc4ccccc4O3)nc2-c2ccncc2)cc1.O=C(O)C(F)(F)F. The van der Waals surface area contributed by atoms with Gasteiger partial charge >= 0.3 is 12.1 Å². The van der Waals surface area contributed by atoms with E-state index in [9.17, 15) is 26.4 Å². The van der Waals surface area contributed by atoms with E-state index >= 15 is 0 Å². The van der Waals surface area contributed by atoms with Crippen molar-refractivity contribution in [2.24, 2.45) is 5.14 Å². The molecule has 0 spiro atoms. The number of anilines is 1. The third kappa shape index (κ3) is 7.36. The number of hydrogen-bond donors (Lipinski definition) is 3. The van der Waals surface area contributed by atoms with Crippen LogP contribution >= 0.6 is 11.3 Å². The van der Waals surface area contributed by atoms with Crippen LogP contribution in [0.5, 0.6) is 11.5 Å². The van der Waals surface area contributed by atoms with E-state index in [2.05, 4.69) is 15.3 Å². The van der Waals surface area contributed by atoms with Crippen molar-refractivity contribution in [2.45, 2.75) is 17.2 Å². The smallest absolute Gasteiger partial charge is 0.485 e. The molecule has 0 bridgehead atoms. The molecule has 1 unspecified atom stereocenters. The minimum atomic E-state index is -5.08. The van der Waals surface area contributed by atoms with Crippen molar-refractivity contribution < 1.29 is 45.8 Å². The first-order chi connectivity index (χ1) is 19.3. The monoisotopic (exact) mass is 608 g/mol. The van der Waals surface area contributed by atoms with E-state index in [1.807, 2.05) is 6.07 Å². The molecule has 2 aromatic carbocycles. The van der Waals surface area contributed by atoms with Crippen LogP contribution in [0.2, 0.25) is 0 Å². The van der Waals surface area contributed by atoms with Crippen molar-refractivity contribution in [1.29, 1.82) is 0 Å². The van der Waals surface area contributed by atoms with Gasteiger partial charge in [-0.1, -0.05) is 35.6 Å². The Morgan fingerprint density at radius 3 is 2.20 bits per heavy atom. The Balaban J connectivity index is 0.000000493. The van der Waals surface area contributed by atoms with Crippen molar-refractivity contribution in [3.05, 3.63) is 73.1 Å². The van der Waals surface area contributed by atoms with Crippen LogP contribution in [-0.2, 0) is 19.6 Å². The van der Waals surface area contributed by atoms with Crippen molar-refractivity contribution in [2.75, 3.05) is 11.9 Å². The van der Waals surface area contributed by atoms with Crippen molar-refractivity contribution in [1.82, 2.24) is 9.97 Å². The second-order valence-corrected chi connectivity index (χ2v) is 10.7. The van der Waals surface area contributed by atoms with Crippen LogP contribution < -0.4 is 19.9 Å². The second kappa shape index (κ2) is 11.9. The predicted molar refractivity (Wildman–Crippen MR) is 141 cm³/mol. The van der Waals surface area contributed by atoms with Gasteiger partial charge in [-0.05, 0) is 42.0 Å². The van der Waals surface area contributed by atoms with Crippen LogP contribution in [0.1, 0.15) is 0 Å². The number of carboxylic acids is 1. The number of thiazole rings is 1. The average molecular weight is 609 g/mol. The number of para-hydroxylation sites is 2. The van der Waals surface area contributed by atoms with Gasteiger partial charge in [-0.3, -0.25) is 15.1 Å². The molecule has 5 rings (SSSR count). The van der Waals surface area contributed by atoms with E-state index in [1.165, 1.54) is 23.5 Å². The Morgan fingerprint density at radius 1 is 1.00 bits per heavy atom. The van der Waals surface area contributed by atoms with E-state index in [1.54, 1.807) is 54.9 Å². The van der Waals surface area contributed by atoms with Gasteiger partial charge in [0, 0.05) is 18.0 Å². The number of carbonyl (C=O) groups excluding carboxylic acids is 1. The summed E-state index contributed by atoms with van der Waals surface area (Å²) in [5.41, 5.74) is 2.14. The maximum absolute atomic E-state index is 12.9. The number of amides is 1.